The van der Waals surface area contributed by atoms with Gasteiger partial charge in [0.1, 0.15) is 11.5 Å². The molecular formula is C17H26ClN3O2. The third-order valence-electron chi connectivity index (χ3n) is 3.59. The van der Waals surface area contributed by atoms with Gasteiger partial charge in [-0.3, -0.25) is 5.10 Å². The number of ether oxygens (including phenoxy) is 2. The summed E-state index contributed by atoms with van der Waals surface area (Å²) in [5.74, 6) is 1.69. The van der Waals surface area contributed by atoms with Crippen molar-refractivity contribution in [1.82, 2.24) is 15.5 Å². The zero-order valence-corrected chi connectivity index (χ0v) is 15.2. The molecular weight excluding hydrogens is 314 g/mol. The van der Waals surface area contributed by atoms with Crippen molar-refractivity contribution in [2.45, 2.75) is 39.3 Å². The lowest BCUT2D eigenvalue weighted by Crippen LogP contribution is -2.19. The Labute approximate surface area is 144 Å². The Kier molecular flexibility index (Phi) is 6.91. The van der Waals surface area contributed by atoms with Crippen molar-refractivity contribution in [3.8, 4) is 11.5 Å². The van der Waals surface area contributed by atoms with E-state index in [4.69, 9.17) is 9.47 Å². The number of nitrogens with one attached hydrogen (secondary N) is 2. The summed E-state index contributed by atoms with van der Waals surface area (Å²) in [6.45, 7) is 7.98. The highest BCUT2D eigenvalue weighted by atomic mass is 35.5. The highest BCUT2D eigenvalue weighted by Gasteiger charge is 2.19. The van der Waals surface area contributed by atoms with Gasteiger partial charge in [0, 0.05) is 35.3 Å². The first-order valence-corrected chi connectivity index (χ1v) is 7.40. The molecule has 0 radical (unpaired) electrons. The monoisotopic (exact) mass is 339 g/mol. The Bertz CT molecular complexity index is 621. The van der Waals surface area contributed by atoms with Gasteiger partial charge in [0.15, 0.2) is 0 Å². The van der Waals surface area contributed by atoms with Crippen molar-refractivity contribution in [2.75, 3.05) is 14.2 Å². The Morgan fingerprint density at radius 3 is 2.39 bits per heavy atom. The van der Waals surface area contributed by atoms with Crippen LogP contribution in [0, 0.1) is 0 Å². The molecule has 0 saturated heterocycles. The van der Waals surface area contributed by atoms with Crippen LogP contribution in [0.3, 0.4) is 0 Å². The van der Waals surface area contributed by atoms with Crippen molar-refractivity contribution in [1.29, 1.82) is 0 Å². The van der Waals surface area contributed by atoms with Crippen molar-refractivity contribution >= 4 is 12.4 Å². The number of hydrogen-bond acceptors (Lipinski definition) is 4. The standard InChI is InChI=1S/C17H25N3O2.ClH/c1-17(2,3)16-13(11-19-20-16)10-18-9-12-8-14(21-4)6-7-15(12)22-5;/h6-8,11,18H,9-10H2,1-5H3,(H,19,20);1H. The summed E-state index contributed by atoms with van der Waals surface area (Å²) < 4.78 is 10.7. The molecule has 0 bridgehead atoms. The first kappa shape index (κ1) is 19.3. The molecule has 0 aliphatic heterocycles. The van der Waals surface area contributed by atoms with Crippen LogP contribution in [-0.4, -0.2) is 24.4 Å². The molecule has 2 rings (SSSR count). The number of halogens is 1. The third-order valence-corrected chi connectivity index (χ3v) is 3.59. The second-order valence-electron chi connectivity index (χ2n) is 6.30. The average Bonchev–Trinajstić information content (AvgIpc) is 2.95. The van der Waals surface area contributed by atoms with E-state index in [2.05, 4.69) is 36.3 Å². The number of rotatable bonds is 6. The summed E-state index contributed by atoms with van der Waals surface area (Å²) in [7, 11) is 3.35. The van der Waals surface area contributed by atoms with Crippen molar-refractivity contribution in [3.05, 3.63) is 41.2 Å². The summed E-state index contributed by atoms with van der Waals surface area (Å²) in [4.78, 5) is 0. The van der Waals surface area contributed by atoms with E-state index < -0.39 is 0 Å². The van der Waals surface area contributed by atoms with Crippen LogP contribution in [0.15, 0.2) is 24.4 Å². The van der Waals surface area contributed by atoms with Crippen LogP contribution in [0.4, 0.5) is 0 Å². The van der Waals surface area contributed by atoms with Gasteiger partial charge in [-0.25, -0.2) is 0 Å². The fraction of sp³-hybridized carbons (Fsp3) is 0.471. The molecule has 0 fully saturated rings. The van der Waals surface area contributed by atoms with E-state index in [1.54, 1.807) is 14.2 Å². The number of nitrogens with zero attached hydrogens (tertiary/aromatic N) is 1. The van der Waals surface area contributed by atoms with Crippen LogP contribution in [0.5, 0.6) is 11.5 Å². The average molecular weight is 340 g/mol. The van der Waals surface area contributed by atoms with Gasteiger partial charge in [-0.15, -0.1) is 12.4 Å². The zero-order chi connectivity index (χ0) is 16.2. The largest absolute Gasteiger partial charge is 0.497 e. The van der Waals surface area contributed by atoms with E-state index in [-0.39, 0.29) is 17.8 Å². The highest BCUT2D eigenvalue weighted by molar-refractivity contribution is 5.85. The smallest absolute Gasteiger partial charge is 0.123 e. The van der Waals surface area contributed by atoms with Gasteiger partial charge >= 0.3 is 0 Å². The van der Waals surface area contributed by atoms with E-state index in [1.807, 2.05) is 24.4 Å². The van der Waals surface area contributed by atoms with Crippen LogP contribution in [0.1, 0.15) is 37.6 Å². The number of aromatic nitrogens is 2. The molecule has 0 spiro atoms. The number of benzene rings is 1. The van der Waals surface area contributed by atoms with Crippen molar-refractivity contribution in [2.24, 2.45) is 0 Å². The zero-order valence-electron chi connectivity index (χ0n) is 14.4. The normalized spacial score (nSPS) is 11.0. The molecule has 1 aromatic carbocycles. The summed E-state index contributed by atoms with van der Waals surface area (Å²) >= 11 is 0. The number of hydrogen-bond donors (Lipinski definition) is 2. The summed E-state index contributed by atoms with van der Waals surface area (Å²) in [6, 6.07) is 5.82. The molecule has 0 saturated carbocycles. The minimum absolute atomic E-state index is 0. The molecule has 0 amide bonds. The Morgan fingerprint density at radius 2 is 1.78 bits per heavy atom. The first-order chi connectivity index (χ1) is 10.5. The van der Waals surface area contributed by atoms with Crippen molar-refractivity contribution in [3.63, 3.8) is 0 Å². The van der Waals surface area contributed by atoms with Gasteiger partial charge in [0.2, 0.25) is 0 Å². The lowest BCUT2D eigenvalue weighted by atomic mass is 9.89. The highest BCUT2D eigenvalue weighted by Crippen LogP contribution is 2.25. The molecule has 0 aliphatic carbocycles. The maximum absolute atomic E-state index is 5.40. The molecule has 23 heavy (non-hydrogen) atoms. The van der Waals surface area contributed by atoms with E-state index in [1.165, 1.54) is 5.56 Å². The molecule has 1 heterocycles. The van der Waals surface area contributed by atoms with E-state index in [0.717, 1.165) is 29.3 Å². The lowest BCUT2D eigenvalue weighted by Gasteiger charge is -2.18. The first-order valence-electron chi connectivity index (χ1n) is 7.40. The maximum Gasteiger partial charge on any atom is 0.123 e. The topological polar surface area (TPSA) is 59.2 Å². The molecule has 2 N–H and O–H groups in total. The fourth-order valence-corrected chi connectivity index (χ4v) is 2.45. The lowest BCUT2D eigenvalue weighted by molar-refractivity contribution is 0.397. The van der Waals surface area contributed by atoms with Gasteiger partial charge < -0.3 is 14.8 Å². The molecule has 6 heteroatoms. The Morgan fingerprint density at radius 1 is 1.09 bits per heavy atom. The van der Waals surface area contributed by atoms with Gasteiger partial charge in [0.25, 0.3) is 0 Å². The van der Waals surface area contributed by atoms with Crippen LogP contribution < -0.4 is 14.8 Å². The second kappa shape index (κ2) is 8.22. The van der Waals surface area contributed by atoms with Crippen LogP contribution in [0.2, 0.25) is 0 Å². The van der Waals surface area contributed by atoms with Crippen LogP contribution in [-0.2, 0) is 18.5 Å². The molecule has 0 aliphatic rings. The van der Waals surface area contributed by atoms with E-state index >= 15 is 0 Å². The number of H-pyrrole nitrogens is 1. The minimum atomic E-state index is 0. The summed E-state index contributed by atoms with van der Waals surface area (Å²) in [6.07, 6.45) is 1.89. The molecule has 5 nitrogen and oxygen atoms in total. The molecule has 2 aromatic rings. The van der Waals surface area contributed by atoms with Gasteiger partial charge in [0.05, 0.1) is 20.4 Å². The van der Waals surface area contributed by atoms with E-state index in [0.29, 0.717) is 6.54 Å². The number of aromatic amines is 1. The quantitative estimate of drug-likeness (QED) is 0.846. The van der Waals surface area contributed by atoms with Crippen LogP contribution >= 0.6 is 12.4 Å². The Balaban J connectivity index is 0.00000264. The summed E-state index contributed by atoms with van der Waals surface area (Å²) in [5, 5.41) is 10.7. The molecule has 0 atom stereocenters. The second-order valence-corrected chi connectivity index (χ2v) is 6.30. The number of methoxy groups -OCH3 is 2. The summed E-state index contributed by atoms with van der Waals surface area (Å²) in [5.41, 5.74) is 3.48. The third kappa shape index (κ3) is 4.88. The predicted octanol–water partition coefficient (Wildman–Crippen LogP) is 3.44. The van der Waals surface area contributed by atoms with Crippen LogP contribution in [0.25, 0.3) is 0 Å². The van der Waals surface area contributed by atoms with Gasteiger partial charge in [-0.1, -0.05) is 20.8 Å². The fourth-order valence-electron chi connectivity index (χ4n) is 2.45. The van der Waals surface area contributed by atoms with E-state index in [9.17, 15) is 0 Å². The SMILES string of the molecule is COc1ccc(OC)c(CNCc2cn[nH]c2C(C)(C)C)c1.Cl. The molecule has 128 valence electrons. The van der Waals surface area contributed by atoms with Gasteiger partial charge in [-0.05, 0) is 18.2 Å². The maximum atomic E-state index is 5.40. The van der Waals surface area contributed by atoms with Crippen molar-refractivity contribution < 1.29 is 9.47 Å². The predicted molar refractivity (Wildman–Crippen MR) is 94.6 cm³/mol. The molecule has 0 unspecified atom stereocenters. The van der Waals surface area contributed by atoms with Gasteiger partial charge in [-0.2, -0.15) is 5.10 Å². The minimum Gasteiger partial charge on any atom is -0.497 e. The Hall–Kier alpha value is -1.72. The molecule has 1 aromatic heterocycles.